The smallest absolute Gasteiger partial charge is 0.344 e. The standard InChI is InChI=1S/C22H21N3O5/c1-15(22(27)28)30-20-16(8-7-11-19(20)29-2)14-23-24-21(26)17-9-3-4-10-18(17)25-12-5-6-13-25/h3-15H,1-2H3,(H,24,26)(H,27,28)/b23-14-/t15-/m1/s1. The number of aliphatic carboxylic acids is 1. The summed E-state index contributed by atoms with van der Waals surface area (Å²) < 4.78 is 12.6. The van der Waals surface area contributed by atoms with Crippen LogP contribution < -0.4 is 14.9 Å². The van der Waals surface area contributed by atoms with Crippen LogP contribution in [0.4, 0.5) is 0 Å². The number of carboxylic acids is 1. The molecule has 1 amide bonds. The van der Waals surface area contributed by atoms with Crippen LogP contribution in [0, 0.1) is 0 Å². The van der Waals surface area contributed by atoms with E-state index in [1.165, 1.54) is 20.2 Å². The number of carbonyl (C=O) groups excluding carboxylic acids is 1. The van der Waals surface area contributed by atoms with Gasteiger partial charge in [0, 0.05) is 18.0 Å². The van der Waals surface area contributed by atoms with Crippen LogP contribution in [0.5, 0.6) is 11.5 Å². The lowest BCUT2D eigenvalue weighted by atomic mass is 10.1. The summed E-state index contributed by atoms with van der Waals surface area (Å²) in [6.07, 6.45) is 3.98. The molecular formula is C22H21N3O5. The quantitative estimate of drug-likeness (QED) is 0.441. The van der Waals surface area contributed by atoms with Gasteiger partial charge in [0.1, 0.15) is 0 Å². The maximum absolute atomic E-state index is 12.7. The number of methoxy groups -OCH3 is 1. The summed E-state index contributed by atoms with van der Waals surface area (Å²) in [4.78, 5) is 23.8. The number of para-hydroxylation sites is 2. The summed E-state index contributed by atoms with van der Waals surface area (Å²) >= 11 is 0. The summed E-state index contributed by atoms with van der Waals surface area (Å²) in [7, 11) is 1.45. The van der Waals surface area contributed by atoms with E-state index in [2.05, 4.69) is 10.5 Å². The average Bonchev–Trinajstić information content (AvgIpc) is 3.29. The molecule has 0 saturated carbocycles. The van der Waals surface area contributed by atoms with Gasteiger partial charge in [-0.15, -0.1) is 0 Å². The van der Waals surface area contributed by atoms with E-state index < -0.39 is 12.1 Å². The van der Waals surface area contributed by atoms with Crippen LogP contribution >= 0.6 is 0 Å². The third-order valence-corrected chi connectivity index (χ3v) is 4.27. The number of hydrogen-bond acceptors (Lipinski definition) is 5. The molecule has 0 bridgehead atoms. The predicted octanol–water partition coefficient (Wildman–Crippen LogP) is 3.10. The summed E-state index contributed by atoms with van der Waals surface area (Å²) in [6.45, 7) is 1.41. The molecule has 0 aliphatic rings. The molecule has 0 spiro atoms. The highest BCUT2D eigenvalue weighted by molar-refractivity contribution is 5.98. The SMILES string of the molecule is COc1cccc(/C=N\NC(=O)c2ccccc2-n2cccc2)c1O[C@H](C)C(=O)O. The molecule has 1 aromatic heterocycles. The van der Waals surface area contributed by atoms with Gasteiger partial charge >= 0.3 is 5.97 Å². The van der Waals surface area contributed by atoms with Gasteiger partial charge in [0.15, 0.2) is 17.6 Å². The number of nitrogens with zero attached hydrogens (tertiary/aromatic N) is 2. The van der Waals surface area contributed by atoms with Crippen LogP contribution in [0.3, 0.4) is 0 Å². The van der Waals surface area contributed by atoms with Gasteiger partial charge < -0.3 is 19.1 Å². The Morgan fingerprint density at radius 2 is 1.83 bits per heavy atom. The topological polar surface area (TPSA) is 102 Å². The zero-order chi connectivity index (χ0) is 21.5. The zero-order valence-electron chi connectivity index (χ0n) is 16.5. The van der Waals surface area contributed by atoms with Crippen LogP contribution in [-0.2, 0) is 4.79 Å². The third kappa shape index (κ3) is 4.67. The molecule has 3 aromatic rings. The number of ether oxygens (including phenoxy) is 2. The van der Waals surface area contributed by atoms with E-state index in [0.29, 0.717) is 16.9 Å². The van der Waals surface area contributed by atoms with Gasteiger partial charge in [-0.25, -0.2) is 10.2 Å². The highest BCUT2D eigenvalue weighted by Crippen LogP contribution is 2.31. The summed E-state index contributed by atoms with van der Waals surface area (Å²) in [5.41, 5.74) is 4.12. The number of hydrogen-bond donors (Lipinski definition) is 2. The molecule has 1 atom stereocenters. The fraction of sp³-hybridized carbons (Fsp3) is 0.136. The first kappa shape index (κ1) is 20.7. The minimum Gasteiger partial charge on any atom is -0.493 e. The number of hydrazone groups is 1. The number of amides is 1. The van der Waals surface area contributed by atoms with Crippen LogP contribution in [0.15, 0.2) is 72.1 Å². The Balaban J connectivity index is 1.81. The molecule has 0 fully saturated rings. The fourth-order valence-corrected chi connectivity index (χ4v) is 2.76. The molecular weight excluding hydrogens is 386 g/mol. The van der Waals surface area contributed by atoms with Gasteiger partial charge in [0.2, 0.25) is 0 Å². The van der Waals surface area contributed by atoms with E-state index >= 15 is 0 Å². The highest BCUT2D eigenvalue weighted by atomic mass is 16.5. The van der Waals surface area contributed by atoms with Crippen molar-refractivity contribution < 1.29 is 24.2 Å². The lowest BCUT2D eigenvalue weighted by Crippen LogP contribution is -2.24. The third-order valence-electron chi connectivity index (χ3n) is 4.27. The number of aromatic nitrogens is 1. The Bertz CT molecular complexity index is 1060. The molecule has 0 unspecified atom stereocenters. The first-order chi connectivity index (χ1) is 14.5. The molecule has 154 valence electrons. The number of benzene rings is 2. The van der Waals surface area contributed by atoms with E-state index in [1.54, 1.807) is 30.3 Å². The van der Waals surface area contributed by atoms with Crippen molar-refractivity contribution in [3.63, 3.8) is 0 Å². The van der Waals surface area contributed by atoms with Gasteiger partial charge in [-0.05, 0) is 43.3 Å². The summed E-state index contributed by atoms with van der Waals surface area (Å²) in [6, 6.07) is 15.9. The summed E-state index contributed by atoms with van der Waals surface area (Å²) in [5.74, 6) is -0.921. The van der Waals surface area contributed by atoms with Crippen molar-refractivity contribution in [1.29, 1.82) is 0 Å². The van der Waals surface area contributed by atoms with Crippen molar-refractivity contribution in [3.8, 4) is 17.2 Å². The van der Waals surface area contributed by atoms with Crippen LogP contribution in [0.1, 0.15) is 22.8 Å². The number of nitrogens with one attached hydrogen (secondary N) is 1. The Kier molecular flexibility index (Phi) is 6.49. The molecule has 0 radical (unpaired) electrons. The monoisotopic (exact) mass is 407 g/mol. The molecule has 1 heterocycles. The van der Waals surface area contributed by atoms with Gasteiger partial charge in [-0.2, -0.15) is 5.10 Å². The Morgan fingerprint density at radius 1 is 1.10 bits per heavy atom. The van der Waals surface area contributed by atoms with Crippen molar-refractivity contribution in [2.24, 2.45) is 5.10 Å². The number of carbonyl (C=O) groups is 2. The van der Waals surface area contributed by atoms with E-state index in [9.17, 15) is 9.59 Å². The molecule has 0 saturated heterocycles. The first-order valence-electron chi connectivity index (χ1n) is 9.13. The minimum absolute atomic E-state index is 0.223. The zero-order valence-corrected chi connectivity index (χ0v) is 16.5. The highest BCUT2D eigenvalue weighted by Gasteiger charge is 2.18. The predicted molar refractivity (Wildman–Crippen MR) is 112 cm³/mol. The molecule has 2 N–H and O–H groups in total. The minimum atomic E-state index is -1.11. The largest absolute Gasteiger partial charge is 0.493 e. The van der Waals surface area contributed by atoms with Gasteiger partial charge in [-0.1, -0.05) is 18.2 Å². The van der Waals surface area contributed by atoms with Crippen LogP contribution in [0.2, 0.25) is 0 Å². The van der Waals surface area contributed by atoms with E-state index in [0.717, 1.165) is 5.69 Å². The number of carboxylic acid groups (broad SMARTS) is 1. The molecule has 30 heavy (non-hydrogen) atoms. The van der Waals surface area contributed by atoms with E-state index in [4.69, 9.17) is 14.6 Å². The lowest BCUT2D eigenvalue weighted by Gasteiger charge is -2.15. The lowest BCUT2D eigenvalue weighted by molar-refractivity contribution is -0.144. The Labute approximate surface area is 173 Å². The summed E-state index contributed by atoms with van der Waals surface area (Å²) in [5, 5.41) is 13.1. The van der Waals surface area contributed by atoms with Crippen molar-refractivity contribution >= 4 is 18.1 Å². The fourth-order valence-electron chi connectivity index (χ4n) is 2.76. The van der Waals surface area contributed by atoms with Crippen molar-refractivity contribution in [2.75, 3.05) is 7.11 Å². The molecule has 8 nitrogen and oxygen atoms in total. The van der Waals surface area contributed by atoms with E-state index in [-0.39, 0.29) is 11.7 Å². The van der Waals surface area contributed by atoms with Crippen LogP contribution in [-0.4, -0.2) is 41.0 Å². The second-order valence-electron chi connectivity index (χ2n) is 6.28. The molecule has 0 aliphatic carbocycles. The van der Waals surface area contributed by atoms with Gasteiger partial charge in [0.25, 0.3) is 5.91 Å². The van der Waals surface area contributed by atoms with Crippen molar-refractivity contribution in [2.45, 2.75) is 13.0 Å². The maximum atomic E-state index is 12.7. The molecule has 8 heteroatoms. The van der Waals surface area contributed by atoms with Crippen LogP contribution in [0.25, 0.3) is 5.69 Å². The second-order valence-corrected chi connectivity index (χ2v) is 6.28. The van der Waals surface area contributed by atoms with Gasteiger partial charge in [0.05, 0.1) is 24.6 Å². The normalized spacial score (nSPS) is 11.8. The van der Waals surface area contributed by atoms with Crippen molar-refractivity contribution in [3.05, 3.63) is 78.1 Å². The molecule has 0 aliphatic heterocycles. The second kappa shape index (κ2) is 9.42. The Hall–Kier alpha value is -4.07. The number of rotatable bonds is 8. The Morgan fingerprint density at radius 3 is 2.53 bits per heavy atom. The van der Waals surface area contributed by atoms with E-state index in [1.807, 2.05) is 41.2 Å². The van der Waals surface area contributed by atoms with Crippen molar-refractivity contribution in [1.82, 2.24) is 9.99 Å². The molecule has 3 rings (SSSR count). The molecule has 2 aromatic carbocycles. The maximum Gasteiger partial charge on any atom is 0.344 e. The first-order valence-corrected chi connectivity index (χ1v) is 9.13. The van der Waals surface area contributed by atoms with Gasteiger partial charge in [-0.3, -0.25) is 4.79 Å². The average molecular weight is 407 g/mol.